The van der Waals surface area contributed by atoms with Crippen LogP contribution in [0.25, 0.3) is 99.0 Å². The molecule has 4 nitrogen and oxygen atoms in total. The summed E-state index contributed by atoms with van der Waals surface area (Å²) in [4.78, 5) is 10.9. The van der Waals surface area contributed by atoms with E-state index in [9.17, 15) is 0 Å². The molecule has 0 radical (unpaired) electrons. The summed E-state index contributed by atoms with van der Waals surface area (Å²) in [6.07, 6.45) is 2.36. The molecule has 0 spiro atoms. The van der Waals surface area contributed by atoms with Gasteiger partial charge in [-0.2, -0.15) is 0 Å². The maximum Gasteiger partial charge on any atom is 0.162 e. The minimum absolute atomic E-state index is 0.0923. The van der Waals surface area contributed by atoms with Crippen LogP contribution in [-0.2, 0) is 10.8 Å². The molecule has 0 N–H and O–H groups in total. The molecule has 3 heterocycles. The van der Waals surface area contributed by atoms with E-state index in [2.05, 4.69) is 195 Å². The zero-order valence-electron chi connectivity index (χ0n) is 33.2. The van der Waals surface area contributed by atoms with Gasteiger partial charge in [-0.05, 0) is 82.0 Å². The highest BCUT2D eigenvalue weighted by Gasteiger charge is 2.37. The Labute approximate surface area is 337 Å². The normalized spacial score (nSPS) is 15.0. The Morgan fingerprint density at radius 1 is 0.431 bits per heavy atom. The fourth-order valence-electron chi connectivity index (χ4n) is 10.2. The largest absolute Gasteiger partial charge is 0.309 e. The van der Waals surface area contributed by atoms with Gasteiger partial charge in [0.25, 0.3) is 0 Å². The molecule has 8 aromatic carbocycles. The molecule has 0 amide bonds. The molecule has 0 aliphatic heterocycles. The molecule has 0 saturated heterocycles. The van der Waals surface area contributed by atoms with Crippen molar-refractivity contribution in [1.82, 2.24) is 19.1 Å². The molecule has 0 unspecified atom stereocenters. The molecule has 11 aromatic rings. The van der Waals surface area contributed by atoms with Gasteiger partial charge in [0.15, 0.2) is 5.82 Å². The second-order valence-corrected chi connectivity index (χ2v) is 17.7. The molecule has 58 heavy (non-hydrogen) atoms. The predicted molar refractivity (Wildman–Crippen MR) is 244 cm³/mol. The molecule has 0 saturated carbocycles. The van der Waals surface area contributed by atoms with E-state index in [0.717, 1.165) is 44.1 Å². The van der Waals surface area contributed by atoms with Gasteiger partial charge in [0.05, 0.1) is 27.6 Å². The zero-order chi connectivity index (χ0) is 38.9. The SMILES string of the molecule is CC1(C)CCC(C)(C)c2cc(-n3c4ccccc4c4cc5c6ccc7ccccc7c6n(-c6nc(-c7ccccc7)nc7c6ccc6ccccc67)c5cc43)ccc21. The number of rotatable bonds is 3. The van der Waals surface area contributed by atoms with Crippen LogP contribution in [0.15, 0.2) is 158 Å². The van der Waals surface area contributed by atoms with Crippen molar-refractivity contribution in [2.45, 2.75) is 51.4 Å². The van der Waals surface area contributed by atoms with E-state index < -0.39 is 0 Å². The van der Waals surface area contributed by atoms with Crippen LogP contribution in [-0.4, -0.2) is 19.1 Å². The standard InChI is InChI=1S/C54H42N4/c1-53(2)28-29-54(3,4)45-30-36(24-27-44(45)53)57-46-21-13-12-20-39(46)42-31-43-40-25-22-34-15-9-11-19-38(34)50(40)58(48(43)32-47(42)57)52-41-26-23-33-14-8-10-18-37(33)49(41)55-51(56-52)35-16-6-5-7-17-35/h5-27,30-32H,28-29H2,1-4H3. The highest BCUT2D eigenvalue weighted by molar-refractivity contribution is 6.24. The molecule has 4 heteroatoms. The molecule has 12 rings (SSSR count). The number of fused-ring (bicyclic) bond motifs is 12. The molecule has 0 atom stereocenters. The minimum Gasteiger partial charge on any atom is -0.309 e. The van der Waals surface area contributed by atoms with Crippen molar-refractivity contribution in [1.29, 1.82) is 0 Å². The van der Waals surface area contributed by atoms with Gasteiger partial charge in [-0.3, -0.25) is 4.57 Å². The Morgan fingerprint density at radius 2 is 1.05 bits per heavy atom. The molecule has 278 valence electrons. The highest BCUT2D eigenvalue weighted by Crippen LogP contribution is 2.48. The third kappa shape index (κ3) is 4.69. The summed E-state index contributed by atoms with van der Waals surface area (Å²) in [6.45, 7) is 9.65. The smallest absolute Gasteiger partial charge is 0.162 e. The summed E-state index contributed by atoms with van der Waals surface area (Å²) in [7, 11) is 0. The van der Waals surface area contributed by atoms with Crippen LogP contribution in [0.3, 0.4) is 0 Å². The van der Waals surface area contributed by atoms with Crippen LogP contribution >= 0.6 is 0 Å². The van der Waals surface area contributed by atoms with Gasteiger partial charge in [-0.1, -0.05) is 149 Å². The molecule has 0 fully saturated rings. The quantitative estimate of drug-likeness (QED) is 0.169. The van der Waals surface area contributed by atoms with E-state index in [1.807, 2.05) is 0 Å². The molecule has 3 aromatic heterocycles. The van der Waals surface area contributed by atoms with Gasteiger partial charge in [0.1, 0.15) is 5.82 Å². The third-order valence-corrected chi connectivity index (χ3v) is 13.4. The van der Waals surface area contributed by atoms with Crippen LogP contribution in [0.2, 0.25) is 0 Å². The summed E-state index contributed by atoms with van der Waals surface area (Å²) in [5.74, 6) is 1.59. The molecule has 0 bridgehead atoms. The topological polar surface area (TPSA) is 35.6 Å². The van der Waals surface area contributed by atoms with Crippen LogP contribution in [0, 0.1) is 0 Å². The molecular formula is C54H42N4. The minimum atomic E-state index is 0.0923. The van der Waals surface area contributed by atoms with Gasteiger partial charge in [0, 0.05) is 49.0 Å². The zero-order valence-corrected chi connectivity index (χ0v) is 33.2. The van der Waals surface area contributed by atoms with E-state index in [1.54, 1.807) is 0 Å². The summed E-state index contributed by atoms with van der Waals surface area (Å²) in [5, 5.41) is 10.6. The lowest BCUT2D eigenvalue weighted by Crippen LogP contribution is -2.33. The van der Waals surface area contributed by atoms with Gasteiger partial charge in [-0.25, -0.2) is 9.97 Å². The van der Waals surface area contributed by atoms with Gasteiger partial charge >= 0.3 is 0 Å². The third-order valence-electron chi connectivity index (χ3n) is 13.4. The molecule has 1 aliphatic rings. The Morgan fingerprint density at radius 3 is 1.84 bits per heavy atom. The fraction of sp³-hybridized carbons (Fsp3) is 0.148. The average molecular weight is 747 g/mol. The summed E-state index contributed by atoms with van der Waals surface area (Å²) >= 11 is 0. The first-order valence-electron chi connectivity index (χ1n) is 20.6. The number of aromatic nitrogens is 4. The van der Waals surface area contributed by atoms with Crippen LogP contribution in [0.4, 0.5) is 0 Å². The Kier molecular flexibility index (Phi) is 6.83. The van der Waals surface area contributed by atoms with E-state index in [4.69, 9.17) is 9.97 Å². The summed E-state index contributed by atoms with van der Waals surface area (Å²) in [6, 6.07) is 57.8. The van der Waals surface area contributed by atoms with Crippen molar-refractivity contribution in [3.05, 3.63) is 169 Å². The summed E-state index contributed by atoms with van der Waals surface area (Å²) < 4.78 is 4.95. The number of benzene rings is 8. The average Bonchev–Trinajstić information content (AvgIpc) is 3.76. The monoisotopic (exact) mass is 746 g/mol. The summed E-state index contributed by atoms with van der Waals surface area (Å²) in [5.41, 5.74) is 11.0. The fourth-order valence-corrected chi connectivity index (χ4v) is 10.2. The number of nitrogens with zero attached hydrogens (tertiary/aromatic N) is 4. The van der Waals surface area contributed by atoms with E-state index in [-0.39, 0.29) is 10.8 Å². The number of hydrogen-bond donors (Lipinski definition) is 0. The second-order valence-electron chi connectivity index (χ2n) is 17.7. The van der Waals surface area contributed by atoms with Crippen LogP contribution in [0.1, 0.15) is 51.7 Å². The predicted octanol–water partition coefficient (Wildman–Crippen LogP) is 14.1. The van der Waals surface area contributed by atoms with Gasteiger partial charge in [0.2, 0.25) is 0 Å². The van der Waals surface area contributed by atoms with E-state index >= 15 is 0 Å². The van der Waals surface area contributed by atoms with Crippen molar-refractivity contribution < 1.29 is 0 Å². The van der Waals surface area contributed by atoms with Gasteiger partial charge < -0.3 is 4.57 Å². The lowest BCUT2D eigenvalue weighted by molar-refractivity contribution is 0.332. The van der Waals surface area contributed by atoms with Crippen LogP contribution < -0.4 is 0 Å². The first-order chi connectivity index (χ1) is 28.2. The number of hydrogen-bond acceptors (Lipinski definition) is 2. The van der Waals surface area contributed by atoms with Crippen LogP contribution in [0.5, 0.6) is 0 Å². The van der Waals surface area contributed by atoms with Gasteiger partial charge in [-0.15, -0.1) is 0 Å². The Bertz CT molecular complexity index is 3510. The first-order valence-corrected chi connectivity index (χ1v) is 20.6. The number of para-hydroxylation sites is 1. The maximum atomic E-state index is 5.55. The lowest BCUT2D eigenvalue weighted by atomic mass is 9.63. The van der Waals surface area contributed by atoms with Crippen molar-refractivity contribution in [2.75, 3.05) is 0 Å². The first kappa shape index (κ1) is 33.4. The highest BCUT2D eigenvalue weighted by atomic mass is 15.1. The van der Waals surface area contributed by atoms with Crippen molar-refractivity contribution >= 4 is 76.1 Å². The molecular weight excluding hydrogens is 705 g/mol. The molecule has 1 aliphatic carbocycles. The van der Waals surface area contributed by atoms with Crippen molar-refractivity contribution in [3.8, 4) is 22.9 Å². The van der Waals surface area contributed by atoms with E-state index in [1.165, 1.54) is 73.0 Å². The van der Waals surface area contributed by atoms with Crippen molar-refractivity contribution in [2.24, 2.45) is 0 Å². The second kappa shape index (κ2) is 11.9. The Balaban J connectivity index is 1.25. The maximum absolute atomic E-state index is 5.55. The lowest BCUT2D eigenvalue weighted by Gasteiger charge is -2.42. The van der Waals surface area contributed by atoms with Crippen molar-refractivity contribution in [3.63, 3.8) is 0 Å². The van der Waals surface area contributed by atoms with E-state index in [0.29, 0.717) is 5.82 Å². The Hall–Kier alpha value is -6.78.